The Labute approximate surface area is 521 Å². The van der Waals surface area contributed by atoms with Gasteiger partial charge in [0.15, 0.2) is 0 Å². The Morgan fingerprint density at radius 1 is 0.271 bits per heavy atom. The van der Waals surface area contributed by atoms with Gasteiger partial charge in [0.05, 0.1) is 26.9 Å². The molecule has 7 aromatic rings. The number of rotatable bonds is 34. The van der Waals surface area contributed by atoms with Crippen molar-refractivity contribution in [3.63, 3.8) is 0 Å². The maximum Gasteiger partial charge on any atom is 0.122 e. The molecule has 7 aromatic carbocycles. The molecule has 4 heteroatoms. The molecule has 85 heavy (non-hydrogen) atoms. The third kappa shape index (κ3) is 28.8. The molecule has 0 fully saturated rings. The first-order chi connectivity index (χ1) is 41.5. The van der Waals surface area contributed by atoms with Crippen LogP contribution in [0.3, 0.4) is 0 Å². The lowest BCUT2D eigenvalue weighted by molar-refractivity contribution is 0.304. The van der Waals surface area contributed by atoms with Gasteiger partial charge in [-0.2, -0.15) is 0 Å². The lowest BCUT2D eigenvalue weighted by Gasteiger charge is -2.14. The number of fused-ring (bicyclic) bond motifs is 1. The Bertz CT molecular complexity index is 2650. The Kier molecular flexibility index (Phi) is 39.1. The van der Waals surface area contributed by atoms with Crippen LogP contribution in [0.2, 0.25) is 0 Å². The summed E-state index contributed by atoms with van der Waals surface area (Å²) in [5.41, 5.74) is 15.2. The molecule has 0 unspecified atom stereocenters. The van der Waals surface area contributed by atoms with Crippen molar-refractivity contribution >= 4 is 10.8 Å². The Balaban J connectivity index is 0.000000372. The van der Waals surface area contributed by atoms with Crippen LogP contribution < -0.4 is 18.9 Å². The average molecular weight is 1160 g/mol. The first-order valence-electron chi connectivity index (χ1n) is 34.0. The van der Waals surface area contributed by atoms with Crippen molar-refractivity contribution < 1.29 is 18.9 Å². The normalized spacial score (nSPS) is 10.6. The van der Waals surface area contributed by atoms with E-state index in [4.69, 9.17) is 18.9 Å². The summed E-state index contributed by atoms with van der Waals surface area (Å²) in [4.78, 5) is 0. The van der Waals surface area contributed by atoms with Crippen LogP contribution >= 0.6 is 0 Å². The molecule has 0 aromatic heterocycles. The summed E-state index contributed by atoms with van der Waals surface area (Å²) in [7, 11) is 1.72. The molecular formula is C81H118O4. The lowest BCUT2D eigenvalue weighted by atomic mass is 9.92. The summed E-state index contributed by atoms with van der Waals surface area (Å²) >= 11 is 0. The van der Waals surface area contributed by atoms with Crippen LogP contribution in [0.5, 0.6) is 23.0 Å². The fourth-order valence-electron chi connectivity index (χ4n) is 10.7. The predicted octanol–water partition coefficient (Wildman–Crippen LogP) is 25.7. The first kappa shape index (κ1) is 73.3. The van der Waals surface area contributed by atoms with Crippen molar-refractivity contribution in [1.82, 2.24) is 0 Å². The first-order valence-corrected chi connectivity index (χ1v) is 34.0. The molecule has 0 amide bonds. The summed E-state index contributed by atoms with van der Waals surface area (Å²) in [6, 6.07) is 47.8. The molecule has 0 heterocycles. The van der Waals surface area contributed by atoms with Gasteiger partial charge in [-0.05, 0) is 176 Å². The van der Waals surface area contributed by atoms with Gasteiger partial charge in [0.25, 0.3) is 0 Å². The lowest BCUT2D eigenvalue weighted by Crippen LogP contribution is -1.97. The second-order valence-electron chi connectivity index (χ2n) is 23.0. The van der Waals surface area contributed by atoms with E-state index in [0.717, 1.165) is 67.6 Å². The van der Waals surface area contributed by atoms with Crippen LogP contribution in [0.25, 0.3) is 44.2 Å². The Morgan fingerprint density at radius 2 is 0.529 bits per heavy atom. The fraction of sp³-hybridized carbons (Fsp3) is 0.506. The van der Waals surface area contributed by atoms with Gasteiger partial charge in [-0.25, -0.2) is 0 Å². The van der Waals surface area contributed by atoms with E-state index in [0.29, 0.717) is 0 Å². The van der Waals surface area contributed by atoms with Gasteiger partial charge in [0.2, 0.25) is 0 Å². The monoisotopic (exact) mass is 1150 g/mol. The number of ether oxygens (including phenoxy) is 4. The number of unbranched alkanes of at least 4 members (excludes halogenated alkanes) is 21. The third-order valence-electron chi connectivity index (χ3n) is 15.8. The molecular weight excluding hydrogens is 1040 g/mol. The molecule has 0 spiro atoms. The summed E-state index contributed by atoms with van der Waals surface area (Å²) in [6.07, 6.45) is 31.8. The Morgan fingerprint density at radius 3 is 0.812 bits per heavy atom. The van der Waals surface area contributed by atoms with Gasteiger partial charge < -0.3 is 18.9 Å². The summed E-state index contributed by atoms with van der Waals surface area (Å²) < 4.78 is 23.4. The highest BCUT2D eigenvalue weighted by atomic mass is 16.5. The van der Waals surface area contributed by atoms with Gasteiger partial charge >= 0.3 is 0 Å². The van der Waals surface area contributed by atoms with Crippen LogP contribution in [0.1, 0.15) is 236 Å². The van der Waals surface area contributed by atoms with Gasteiger partial charge in [0, 0.05) is 0 Å². The molecule has 0 aliphatic heterocycles. The summed E-state index contributed by atoms with van der Waals surface area (Å²) in [6.45, 7) is 30.1. The minimum absolute atomic E-state index is 0.810. The number of aryl methyl sites for hydroxylation is 6. The maximum absolute atomic E-state index is 6.03. The largest absolute Gasteiger partial charge is 0.496 e. The average Bonchev–Trinajstić information content (AvgIpc) is 3.29. The minimum Gasteiger partial charge on any atom is -0.496 e. The molecule has 0 atom stereocenters. The van der Waals surface area contributed by atoms with E-state index in [1.54, 1.807) is 7.11 Å². The van der Waals surface area contributed by atoms with E-state index in [1.807, 2.05) is 27.7 Å². The van der Waals surface area contributed by atoms with E-state index < -0.39 is 0 Å². The van der Waals surface area contributed by atoms with Crippen LogP contribution in [0, 0.1) is 41.5 Å². The zero-order valence-electron chi connectivity index (χ0n) is 56.4. The highest BCUT2D eigenvalue weighted by Gasteiger charge is 2.11. The van der Waals surface area contributed by atoms with E-state index in [9.17, 15) is 0 Å². The molecule has 0 aliphatic carbocycles. The van der Waals surface area contributed by atoms with Crippen molar-refractivity contribution in [1.29, 1.82) is 0 Å². The summed E-state index contributed by atoms with van der Waals surface area (Å²) in [5.74, 6) is 3.85. The van der Waals surface area contributed by atoms with Gasteiger partial charge in [0.1, 0.15) is 23.0 Å². The number of hydrogen-bond acceptors (Lipinski definition) is 4. The molecule has 0 bridgehead atoms. The molecule has 0 radical (unpaired) electrons. The second-order valence-corrected chi connectivity index (χ2v) is 23.0. The quantitative estimate of drug-likeness (QED) is 0.0377. The number of hydrogen-bond donors (Lipinski definition) is 0. The molecule has 7 rings (SSSR count). The van der Waals surface area contributed by atoms with Crippen molar-refractivity contribution in [2.24, 2.45) is 0 Å². The van der Waals surface area contributed by atoms with Crippen LogP contribution in [0.4, 0.5) is 0 Å². The van der Waals surface area contributed by atoms with E-state index in [-0.39, 0.29) is 0 Å². The van der Waals surface area contributed by atoms with Crippen molar-refractivity contribution in [3.05, 3.63) is 167 Å². The van der Waals surface area contributed by atoms with Crippen molar-refractivity contribution in [2.45, 2.75) is 244 Å². The van der Waals surface area contributed by atoms with Crippen molar-refractivity contribution in [3.8, 4) is 56.4 Å². The van der Waals surface area contributed by atoms with Crippen LogP contribution in [-0.2, 0) is 0 Å². The zero-order valence-corrected chi connectivity index (χ0v) is 56.4. The van der Waals surface area contributed by atoms with E-state index >= 15 is 0 Å². The van der Waals surface area contributed by atoms with Gasteiger partial charge in [-0.3, -0.25) is 0 Å². The fourth-order valence-corrected chi connectivity index (χ4v) is 10.7. The highest BCUT2D eigenvalue weighted by Crippen LogP contribution is 2.34. The van der Waals surface area contributed by atoms with Gasteiger partial charge in [-0.15, -0.1) is 0 Å². The predicted molar refractivity (Wildman–Crippen MR) is 375 cm³/mol. The minimum atomic E-state index is 0.810. The standard InChI is InChI=1S/C40H58O2.C25H36O2.C12H12.2C2H6/c1-5-7-9-11-13-15-17-19-29-41-37-25-21-35(22-26-37)39-31-34(4)40(32-33(39)3)36-23-27-38(28-24-36)42-30-20-18-16-14-12-10-8-6-2;1-5-6-7-8-9-10-11-12-17-27-23-15-13-22(14-16-23)24-18-21(3)25(26-4)19-20(24)2;1-9-3-5-12-8-10(2)4-6-11(12)7-9;2*1-2/h21-28,31-32H,5-20,29-30H2,1-4H3;13-16,18-19H,5-12,17H2,1-4H3;3-8H,1-2H3;2*1-2H3. The van der Waals surface area contributed by atoms with Gasteiger partial charge in [-0.1, -0.05) is 279 Å². The molecule has 4 nitrogen and oxygen atoms in total. The smallest absolute Gasteiger partial charge is 0.122 e. The summed E-state index contributed by atoms with van der Waals surface area (Å²) in [5, 5.41) is 2.67. The van der Waals surface area contributed by atoms with Crippen molar-refractivity contribution in [2.75, 3.05) is 26.9 Å². The molecule has 0 N–H and O–H groups in total. The zero-order chi connectivity index (χ0) is 61.9. The van der Waals surface area contributed by atoms with Crippen LogP contribution in [0.15, 0.2) is 133 Å². The Hall–Kier alpha value is -6.00. The highest BCUT2D eigenvalue weighted by molar-refractivity contribution is 5.83. The second kappa shape index (κ2) is 45.3. The molecule has 0 saturated carbocycles. The SMILES string of the molecule is CC.CC.CCCCCCCCCCOc1ccc(-c2cc(C)c(-c3ccc(OCCCCCCCCCC)cc3)cc2C)cc1.CCCCCCCCCCOc1ccc(-c2cc(C)c(OC)cc2C)cc1.Cc1ccc2cc(C)ccc2c1. The van der Waals surface area contributed by atoms with E-state index in [1.165, 1.54) is 207 Å². The molecule has 0 aliphatic rings. The van der Waals surface area contributed by atoms with E-state index in [2.05, 4.69) is 196 Å². The maximum atomic E-state index is 6.03. The third-order valence-corrected chi connectivity index (χ3v) is 15.8. The van der Waals surface area contributed by atoms with Crippen LogP contribution in [-0.4, -0.2) is 26.9 Å². The topological polar surface area (TPSA) is 36.9 Å². The number of methoxy groups -OCH3 is 1. The molecule has 466 valence electrons. The molecule has 0 saturated heterocycles. The number of benzene rings is 7.